The van der Waals surface area contributed by atoms with Crippen molar-refractivity contribution in [1.29, 1.82) is 0 Å². The van der Waals surface area contributed by atoms with Crippen molar-refractivity contribution in [3.63, 3.8) is 0 Å². The Morgan fingerprint density at radius 3 is 2.33 bits per heavy atom. The summed E-state index contributed by atoms with van der Waals surface area (Å²) in [5.41, 5.74) is 1.88. The summed E-state index contributed by atoms with van der Waals surface area (Å²) in [5, 5.41) is 2.89. The number of hydrogen-bond donors (Lipinski definition) is 1. The van der Waals surface area contributed by atoms with E-state index >= 15 is 0 Å². The molecule has 1 N–H and O–H groups in total. The van der Waals surface area contributed by atoms with Crippen molar-refractivity contribution >= 4 is 17.3 Å². The van der Waals surface area contributed by atoms with E-state index in [2.05, 4.69) is 10.2 Å². The van der Waals surface area contributed by atoms with Gasteiger partial charge in [-0.15, -0.1) is 0 Å². The third-order valence-corrected chi connectivity index (χ3v) is 4.33. The largest absolute Gasteiger partial charge is 0.494 e. The Labute approximate surface area is 160 Å². The van der Waals surface area contributed by atoms with E-state index in [0.717, 1.165) is 43.4 Å². The second kappa shape index (κ2) is 9.28. The monoisotopic (exact) mass is 370 g/mol. The van der Waals surface area contributed by atoms with Crippen LogP contribution >= 0.6 is 0 Å². The van der Waals surface area contributed by atoms with Crippen molar-refractivity contribution in [3.05, 3.63) is 48.5 Å². The van der Waals surface area contributed by atoms with E-state index in [4.69, 9.17) is 14.2 Å². The van der Waals surface area contributed by atoms with Gasteiger partial charge in [-0.1, -0.05) is 0 Å². The summed E-state index contributed by atoms with van der Waals surface area (Å²) in [6.45, 7) is 7.55. The van der Waals surface area contributed by atoms with Crippen LogP contribution in [0.3, 0.4) is 0 Å². The van der Waals surface area contributed by atoms with Gasteiger partial charge in [-0.3, -0.25) is 4.79 Å². The van der Waals surface area contributed by atoms with E-state index in [1.807, 2.05) is 43.3 Å². The van der Waals surface area contributed by atoms with Gasteiger partial charge < -0.3 is 24.4 Å². The highest BCUT2D eigenvalue weighted by Gasteiger charge is 2.16. The van der Waals surface area contributed by atoms with Crippen LogP contribution in [0.25, 0.3) is 0 Å². The lowest BCUT2D eigenvalue weighted by molar-refractivity contribution is -0.122. The minimum atomic E-state index is -0.609. The molecule has 6 nitrogen and oxygen atoms in total. The molecular weight excluding hydrogens is 344 g/mol. The van der Waals surface area contributed by atoms with Crippen molar-refractivity contribution in [3.8, 4) is 11.5 Å². The molecule has 1 unspecified atom stereocenters. The number of amides is 1. The minimum absolute atomic E-state index is 0.192. The standard InChI is InChI=1S/C21H26N2O4/c1-3-26-19-8-10-20(11-9-19)27-16(2)21(24)22-17-4-6-18(7-5-17)23-12-14-25-15-13-23/h4-11,16H,3,12-15H2,1-2H3,(H,22,24). The lowest BCUT2D eigenvalue weighted by atomic mass is 10.2. The number of morpholine rings is 1. The van der Waals surface area contributed by atoms with Gasteiger partial charge >= 0.3 is 0 Å². The number of carbonyl (C=O) groups excluding carboxylic acids is 1. The van der Waals surface area contributed by atoms with Crippen LogP contribution in [0.15, 0.2) is 48.5 Å². The second-order valence-corrected chi connectivity index (χ2v) is 6.30. The van der Waals surface area contributed by atoms with Crippen LogP contribution in [-0.2, 0) is 9.53 Å². The van der Waals surface area contributed by atoms with Crippen LogP contribution in [0.1, 0.15) is 13.8 Å². The quantitative estimate of drug-likeness (QED) is 0.810. The van der Waals surface area contributed by atoms with E-state index in [1.54, 1.807) is 19.1 Å². The summed E-state index contributed by atoms with van der Waals surface area (Å²) in [7, 11) is 0. The Bertz CT molecular complexity index is 725. The van der Waals surface area contributed by atoms with E-state index in [-0.39, 0.29) is 5.91 Å². The number of anilines is 2. The highest BCUT2D eigenvalue weighted by atomic mass is 16.5. The molecule has 1 saturated heterocycles. The summed E-state index contributed by atoms with van der Waals surface area (Å²) in [5.74, 6) is 1.22. The van der Waals surface area contributed by atoms with Gasteiger partial charge in [0.1, 0.15) is 11.5 Å². The molecule has 2 aromatic rings. The van der Waals surface area contributed by atoms with Crippen LogP contribution in [0.2, 0.25) is 0 Å². The second-order valence-electron chi connectivity index (χ2n) is 6.30. The fourth-order valence-electron chi connectivity index (χ4n) is 2.86. The Hall–Kier alpha value is -2.73. The number of benzene rings is 2. The van der Waals surface area contributed by atoms with Crippen LogP contribution in [0.5, 0.6) is 11.5 Å². The Morgan fingerprint density at radius 2 is 1.70 bits per heavy atom. The average Bonchev–Trinajstić information content (AvgIpc) is 2.71. The number of rotatable bonds is 7. The normalized spacial score (nSPS) is 15.1. The zero-order valence-electron chi connectivity index (χ0n) is 15.8. The first-order valence-corrected chi connectivity index (χ1v) is 9.29. The summed E-state index contributed by atoms with van der Waals surface area (Å²) < 4.78 is 16.5. The van der Waals surface area contributed by atoms with E-state index in [1.165, 1.54) is 0 Å². The topological polar surface area (TPSA) is 60.0 Å². The molecule has 1 aliphatic heterocycles. The van der Waals surface area contributed by atoms with Gasteiger partial charge in [0.05, 0.1) is 19.8 Å². The Kier molecular flexibility index (Phi) is 6.54. The first-order valence-electron chi connectivity index (χ1n) is 9.29. The zero-order chi connectivity index (χ0) is 19.1. The van der Waals surface area contributed by atoms with Gasteiger partial charge in [0, 0.05) is 24.5 Å². The molecule has 0 radical (unpaired) electrons. The summed E-state index contributed by atoms with van der Waals surface area (Å²) in [4.78, 5) is 14.7. The molecule has 2 aromatic carbocycles. The number of hydrogen-bond acceptors (Lipinski definition) is 5. The van der Waals surface area contributed by atoms with Crippen LogP contribution in [0, 0.1) is 0 Å². The predicted octanol–water partition coefficient (Wildman–Crippen LogP) is 3.33. The van der Waals surface area contributed by atoms with E-state index in [9.17, 15) is 4.79 Å². The summed E-state index contributed by atoms with van der Waals surface area (Å²) >= 11 is 0. The maximum atomic E-state index is 12.4. The average molecular weight is 370 g/mol. The zero-order valence-corrected chi connectivity index (χ0v) is 15.8. The molecule has 144 valence electrons. The first-order chi connectivity index (χ1) is 13.2. The van der Waals surface area contributed by atoms with Gasteiger partial charge in [-0.25, -0.2) is 0 Å². The van der Waals surface area contributed by atoms with Crippen LogP contribution in [-0.4, -0.2) is 44.9 Å². The molecule has 1 amide bonds. The highest BCUT2D eigenvalue weighted by molar-refractivity contribution is 5.94. The van der Waals surface area contributed by atoms with Crippen molar-refractivity contribution in [1.82, 2.24) is 0 Å². The molecule has 0 saturated carbocycles. The van der Waals surface area contributed by atoms with E-state index < -0.39 is 6.10 Å². The van der Waals surface area contributed by atoms with Crippen molar-refractivity contribution in [2.75, 3.05) is 43.1 Å². The molecule has 0 bridgehead atoms. The molecule has 0 aliphatic carbocycles. The fraction of sp³-hybridized carbons (Fsp3) is 0.381. The van der Waals surface area contributed by atoms with Gasteiger partial charge in [0.25, 0.3) is 5.91 Å². The molecule has 0 spiro atoms. The van der Waals surface area contributed by atoms with Crippen LogP contribution in [0.4, 0.5) is 11.4 Å². The smallest absolute Gasteiger partial charge is 0.265 e. The van der Waals surface area contributed by atoms with Crippen molar-refractivity contribution in [2.24, 2.45) is 0 Å². The fourth-order valence-corrected chi connectivity index (χ4v) is 2.86. The molecular formula is C21H26N2O4. The molecule has 0 aromatic heterocycles. The third kappa shape index (κ3) is 5.37. The van der Waals surface area contributed by atoms with Gasteiger partial charge in [0.15, 0.2) is 6.10 Å². The lowest BCUT2D eigenvalue weighted by Gasteiger charge is -2.29. The molecule has 3 rings (SSSR count). The number of nitrogens with one attached hydrogen (secondary N) is 1. The lowest BCUT2D eigenvalue weighted by Crippen LogP contribution is -2.36. The molecule has 1 heterocycles. The summed E-state index contributed by atoms with van der Waals surface area (Å²) in [6.07, 6.45) is -0.609. The maximum absolute atomic E-state index is 12.4. The number of ether oxygens (including phenoxy) is 3. The molecule has 1 atom stereocenters. The minimum Gasteiger partial charge on any atom is -0.494 e. The van der Waals surface area contributed by atoms with Gasteiger partial charge in [-0.2, -0.15) is 0 Å². The summed E-state index contributed by atoms with van der Waals surface area (Å²) in [6, 6.07) is 15.1. The predicted molar refractivity (Wildman–Crippen MR) is 106 cm³/mol. The number of nitrogens with zero attached hydrogens (tertiary/aromatic N) is 1. The van der Waals surface area contributed by atoms with E-state index in [0.29, 0.717) is 12.4 Å². The SMILES string of the molecule is CCOc1ccc(OC(C)C(=O)Nc2ccc(N3CCOCC3)cc2)cc1. The van der Waals surface area contributed by atoms with Gasteiger partial charge in [0.2, 0.25) is 0 Å². The third-order valence-electron chi connectivity index (χ3n) is 4.33. The molecule has 6 heteroatoms. The van der Waals surface area contributed by atoms with Crippen molar-refractivity contribution in [2.45, 2.75) is 20.0 Å². The Balaban J connectivity index is 1.52. The molecule has 27 heavy (non-hydrogen) atoms. The Morgan fingerprint density at radius 1 is 1.07 bits per heavy atom. The molecule has 1 aliphatic rings. The molecule has 1 fully saturated rings. The maximum Gasteiger partial charge on any atom is 0.265 e. The van der Waals surface area contributed by atoms with Crippen LogP contribution < -0.4 is 19.7 Å². The first kappa shape index (κ1) is 19.0. The van der Waals surface area contributed by atoms with Crippen molar-refractivity contribution < 1.29 is 19.0 Å². The van der Waals surface area contributed by atoms with Gasteiger partial charge in [-0.05, 0) is 62.4 Å². The highest BCUT2D eigenvalue weighted by Crippen LogP contribution is 2.21. The number of carbonyl (C=O) groups is 1.